The lowest BCUT2D eigenvalue weighted by Gasteiger charge is -2.00. The molecule has 0 unspecified atom stereocenters. The van der Waals surface area contributed by atoms with Crippen molar-refractivity contribution in [2.75, 3.05) is 0 Å². The Labute approximate surface area is 107 Å². The molecule has 2 rings (SSSR count). The maximum absolute atomic E-state index is 4.89. The van der Waals surface area contributed by atoms with E-state index >= 15 is 0 Å². The van der Waals surface area contributed by atoms with Crippen LogP contribution in [-0.2, 0) is 12.8 Å². The lowest BCUT2D eigenvalue weighted by atomic mass is 10.1. The Balaban J connectivity index is 1.84. The normalized spacial score (nSPS) is 10.6. The van der Waals surface area contributed by atoms with Crippen molar-refractivity contribution in [2.45, 2.75) is 19.3 Å². The maximum atomic E-state index is 4.89. The van der Waals surface area contributed by atoms with Crippen LogP contribution in [0.15, 0.2) is 28.7 Å². The molecule has 0 aliphatic rings. The third kappa shape index (κ3) is 3.28. The lowest BCUT2D eigenvalue weighted by Crippen LogP contribution is -1.92. The number of hydrogen-bond acceptors (Lipinski definition) is 2. The van der Waals surface area contributed by atoms with Crippen LogP contribution in [0.2, 0.25) is 0 Å². The van der Waals surface area contributed by atoms with E-state index in [9.17, 15) is 0 Å². The minimum Gasteiger partial charge on any atom is -0.286 e. The van der Waals surface area contributed by atoms with Crippen LogP contribution in [0.1, 0.15) is 17.8 Å². The summed E-state index contributed by atoms with van der Waals surface area (Å²) in [6, 6.07) is 8.41. The molecule has 0 aliphatic heterocycles. The van der Waals surface area contributed by atoms with Gasteiger partial charge in [0.1, 0.15) is 5.82 Å². The van der Waals surface area contributed by atoms with Crippen molar-refractivity contribution >= 4 is 28.1 Å². The van der Waals surface area contributed by atoms with Gasteiger partial charge in [-0.3, -0.25) is 10.2 Å². The van der Waals surface area contributed by atoms with Gasteiger partial charge in [-0.15, -0.1) is 0 Å². The van der Waals surface area contributed by atoms with Gasteiger partial charge in [0.2, 0.25) is 4.77 Å². The van der Waals surface area contributed by atoms with Crippen LogP contribution in [0.3, 0.4) is 0 Å². The minimum absolute atomic E-state index is 0.527. The lowest BCUT2D eigenvalue weighted by molar-refractivity contribution is 0.775. The summed E-state index contributed by atoms with van der Waals surface area (Å²) in [6.07, 6.45) is 3.04. The van der Waals surface area contributed by atoms with E-state index in [4.69, 9.17) is 12.2 Å². The average molecular weight is 298 g/mol. The molecule has 0 bridgehead atoms. The standard InChI is InChI=1S/C11H12BrN3S/c12-9-6-4-8(5-7-9)2-1-3-10-13-11(16)15-14-10/h4-7H,1-3H2,(H2,13,14,15,16). The number of benzene rings is 1. The Morgan fingerprint density at radius 3 is 2.50 bits per heavy atom. The number of nitrogens with zero attached hydrogens (tertiary/aromatic N) is 1. The fourth-order valence-corrected chi connectivity index (χ4v) is 1.96. The molecule has 0 aliphatic carbocycles. The number of rotatable bonds is 4. The van der Waals surface area contributed by atoms with Gasteiger partial charge in [0.25, 0.3) is 0 Å². The van der Waals surface area contributed by atoms with E-state index < -0.39 is 0 Å². The van der Waals surface area contributed by atoms with Gasteiger partial charge in [0.05, 0.1) is 0 Å². The van der Waals surface area contributed by atoms with E-state index in [1.807, 2.05) is 0 Å². The molecule has 84 valence electrons. The predicted molar refractivity (Wildman–Crippen MR) is 69.9 cm³/mol. The topological polar surface area (TPSA) is 44.5 Å². The fraction of sp³-hybridized carbons (Fsp3) is 0.273. The maximum Gasteiger partial charge on any atom is 0.213 e. The van der Waals surface area contributed by atoms with E-state index in [0.717, 1.165) is 29.6 Å². The SMILES string of the molecule is S=c1nc(CCCc2ccc(Br)cc2)[nH][nH]1. The van der Waals surface area contributed by atoms with E-state index in [0.29, 0.717) is 4.77 Å². The van der Waals surface area contributed by atoms with Crippen molar-refractivity contribution in [3.05, 3.63) is 44.9 Å². The van der Waals surface area contributed by atoms with Crippen LogP contribution in [-0.4, -0.2) is 15.2 Å². The quantitative estimate of drug-likeness (QED) is 0.850. The molecule has 16 heavy (non-hydrogen) atoms. The van der Waals surface area contributed by atoms with Crippen molar-refractivity contribution in [3.8, 4) is 0 Å². The average Bonchev–Trinajstić information content (AvgIpc) is 2.67. The van der Waals surface area contributed by atoms with Crippen LogP contribution in [0, 0.1) is 4.77 Å². The molecule has 1 aromatic carbocycles. The van der Waals surface area contributed by atoms with Crippen molar-refractivity contribution in [3.63, 3.8) is 0 Å². The molecular weight excluding hydrogens is 286 g/mol. The number of nitrogens with one attached hydrogen (secondary N) is 2. The first-order valence-electron chi connectivity index (χ1n) is 5.12. The number of halogens is 1. The van der Waals surface area contributed by atoms with E-state index in [-0.39, 0.29) is 0 Å². The number of aryl methyl sites for hydroxylation is 2. The molecule has 2 aromatic rings. The second-order valence-corrected chi connectivity index (χ2v) is 4.90. The molecular formula is C11H12BrN3S. The zero-order valence-corrected chi connectivity index (χ0v) is 11.1. The summed E-state index contributed by atoms with van der Waals surface area (Å²) >= 11 is 8.31. The van der Waals surface area contributed by atoms with Crippen molar-refractivity contribution < 1.29 is 0 Å². The molecule has 0 saturated heterocycles. The monoisotopic (exact) mass is 297 g/mol. The second kappa shape index (κ2) is 5.41. The molecule has 0 amide bonds. The summed E-state index contributed by atoms with van der Waals surface area (Å²) in [5, 5.41) is 5.75. The number of aromatic amines is 2. The third-order valence-corrected chi connectivity index (χ3v) is 3.06. The molecule has 0 saturated carbocycles. The molecule has 3 nitrogen and oxygen atoms in total. The van der Waals surface area contributed by atoms with Gasteiger partial charge in [-0.1, -0.05) is 28.1 Å². The predicted octanol–water partition coefficient (Wildman–Crippen LogP) is 3.41. The van der Waals surface area contributed by atoms with Gasteiger partial charge < -0.3 is 0 Å². The number of H-pyrrole nitrogens is 2. The summed E-state index contributed by atoms with van der Waals surface area (Å²) in [4.78, 5) is 4.15. The molecule has 0 radical (unpaired) electrons. The van der Waals surface area contributed by atoms with Gasteiger partial charge in [0, 0.05) is 10.9 Å². The zero-order chi connectivity index (χ0) is 11.4. The molecule has 1 heterocycles. The summed E-state index contributed by atoms with van der Waals surface area (Å²) in [5.41, 5.74) is 1.34. The highest BCUT2D eigenvalue weighted by atomic mass is 79.9. The van der Waals surface area contributed by atoms with E-state index in [1.165, 1.54) is 5.56 Å². The highest BCUT2D eigenvalue weighted by Crippen LogP contribution is 2.12. The van der Waals surface area contributed by atoms with Crippen molar-refractivity contribution in [1.82, 2.24) is 15.2 Å². The number of hydrogen-bond donors (Lipinski definition) is 2. The Kier molecular flexibility index (Phi) is 3.90. The van der Waals surface area contributed by atoms with Gasteiger partial charge in [-0.25, -0.2) is 4.98 Å². The Hall–Kier alpha value is -0.940. The largest absolute Gasteiger partial charge is 0.286 e. The van der Waals surface area contributed by atoms with Gasteiger partial charge in [0.15, 0.2) is 0 Å². The molecule has 1 aromatic heterocycles. The van der Waals surface area contributed by atoms with E-state index in [2.05, 4.69) is 55.4 Å². The molecule has 0 fully saturated rings. The molecule has 5 heteroatoms. The molecule has 0 atom stereocenters. The third-order valence-electron chi connectivity index (χ3n) is 2.34. The fourth-order valence-electron chi connectivity index (χ4n) is 1.53. The summed E-state index contributed by atoms with van der Waals surface area (Å²) in [7, 11) is 0. The Morgan fingerprint density at radius 1 is 1.12 bits per heavy atom. The highest BCUT2D eigenvalue weighted by Gasteiger charge is 1.98. The molecule has 2 N–H and O–H groups in total. The van der Waals surface area contributed by atoms with Crippen LogP contribution < -0.4 is 0 Å². The first-order valence-corrected chi connectivity index (χ1v) is 6.32. The Bertz CT molecular complexity index is 500. The number of aromatic nitrogens is 3. The first kappa shape index (κ1) is 11.5. The van der Waals surface area contributed by atoms with Gasteiger partial charge >= 0.3 is 0 Å². The Morgan fingerprint density at radius 2 is 1.88 bits per heavy atom. The molecule has 0 spiro atoms. The zero-order valence-electron chi connectivity index (χ0n) is 8.66. The first-order chi connectivity index (χ1) is 7.74. The van der Waals surface area contributed by atoms with Crippen molar-refractivity contribution in [2.24, 2.45) is 0 Å². The van der Waals surface area contributed by atoms with Crippen LogP contribution >= 0.6 is 28.1 Å². The summed E-state index contributed by atoms with van der Waals surface area (Å²) < 4.78 is 1.64. The van der Waals surface area contributed by atoms with Gasteiger partial charge in [-0.2, -0.15) is 0 Å². The minimum atomic E-state index is 0.527. The van der Waals surface area contributed by atoms with E-state index in [1.54, 1.807) is 0 Å². The second-order valence-electron chi connectivity index (χ2n) is 3.59. The summed E-state index contributed by atoms with van der Waals surface area (Å²) in [6.45, 7) is 0. The summed E-state index contributed by atoms with van der Waals surface area (Å²) in [5.74, 6) is 0.933. The van der Waals surface area contributed by atoms with Crippen LogP contribution in [0.4, 0.5) is 0 Å². The van der Waals surface area contributed by atoms with Crippen LogP contribution in [0.5, 0.6) is 0 Å². The smallest absolute Gasteiger partial charge is 0.213 e. The van der Waals surface area contributed by atoms with Crippen LogP contribution in [0.25, 0.3) is 0 Å². The highest BCUT2D eigenvalue weighted by molar-refractivity contribution is 9.10. The van der Waals surface area contributed by atoms with Gasteiger partial charge in [-0.05, 0) is 42.8 Å². The van der Waals surface area contributed by atoms with Crippen molar-refractivity contribution in [1.29, 1.82) is 0 Å².